The number of carbonyl (C=O) groups is 2. The zero-order chi connectivity index (χ0) is 23.4. The van der Waals surface area contributed by atoms with Crippen LogP contribution >= 0.6 is 0 Å². The first kappa shape index (κ1) is 21.9. The van der Waals surface area contributed by atoms with E-state index >= 15 is 0 Å². The van der Waals surface area contributed by atoms with E-state index in [2.05, 4.69) is 10.5 Å². The Balaban J connectivity index is 1.70. The third-order valence-corrected chi connectivity index (χ3v) is 4.86. The van der Waals surface area contributed by atoms with Gasteiger partial charge in [-0.3, -0.25) is 15.0 Å². The van der Waals surface area contributed by atoms with Crippen molar-refractivity contribution in [3.8, 4) is 23.0 Å². The number of nitrogens with zero attached hydrogens (tertiary/aromatic N) is 1. The fraction of sp³-hybridized carbons (Fsp3) is 0.160. The third-order valence-electron chi connectivity index (χ3n) is 4.86. The van der Waals surface area contributed by atoms with Crippen molar-refractivity contribution in [2.24, 2.45) is 5.10 Å². The molecule has 0 bridgehead atoms. The van der Waals surface area contributed by atoms with Crippen LogP contribution in [0.15, 0.2) is 71.8 Å². The van der Waals surface area contributed by atoms with Crippen LogP contribution in [0.3, 0.4) is 0 Å². The Kier molecular flexibility index (Phi) is 6.26. The molecular formula is C25H22N2O6. The van der Waals surface area contributed by atoms with Crippen LogP contribution < -0.4 is 19.6 Å². The SMILES string of the molecule is CC(=O)Oc1ccc(C2C/C(=N\Nc3ccccc3)c3c(O)cc(OC(C)=O)cc3O2)cc1. The first-order valence-corrected chi connectivity index (χ1v) is 10.3. The quantitative estimate of drug-likeness (QED) is 0.336. The summed E-state index contributed by atoms with van der Waals surface area (Å²) in [6.07, 6.45) is -0.0765. The summed E-state index contributed by atoms with van der Waals surface area (Å²) in [5, 5.41) is 15.2. The number of hydrogen-bond donors (Lipinski definition) is 2. The summed E-state index contributed by atoms with van der Waals surface area (Å²) < 4.78 is 16.4. The summed E-state index contributed by atoms with van der Waals surface area (Å²) in [6, 6.07) is 19.3. The number of para-hydroxylation sites is 1. The van der Waals surface area contributed by atoms with E-state index in [-0.39, 0.29) is 11.5 Å². The number of rotatable bonds is 5. The van der Waals surface area contributed by atoms with Gasteiger partial charge in [-0.25, -0.2) is 0 Å². The largest absolute Gasteiger partial charge is 0.507 e. The van der Waals surface area contributed by atoms with E-state index in [4.69, 9.17) is 14.2 Å². The second kappa shape index (κ2) is 9.44. The Bertz CT molecular complexity index is 1210. The molecule has 33 heavy (non-hydrogen) atoms. The van der Waals surface area contributed by atoms with Crippen LogP contribution in [-0.4, -0.2) is 22.8 Å². The smallest absolute Gasteiger partial charge is 0.308 e. The number of phenolic OH excluding ortho intramolecular Hbond substituents is 1. The van der Waals surface area contributed by atoms with E-state index in [0.717, 1.165) is 11.3 Å². The maximum atomic E-state index is 11.4. The van der Waals surface area contributed by atoms with Crippen molar-refractivity contribution in [2.45, 2.75) is 26.4 Å². The molecule has 0 aromatic heterocycles. The number of nitrogens with one attached hydrogen (secondary N) is 1. The van der Waals surface area contributed by atoms with E-state index in [9.17, 15) is 14.7 Å². The van der Waals surface area contributed by atoms with Crippen LogP contribution in [0.1, 0.15) is 37.5 Å². The van der Waals surface area contributed by atoms with Gasteiger partial charge in [0.15, 0.2) is 0 Å². The number of esters is 2. The van der Waals surface area contributed by atoms with Gasteiger partial charge in [0.1, 0.15) is 29.1 Å². The molecule has 0 spiro atoms. The second-order valence-electron chi connectivity index (χ2n) is 7.42. The number of carbonyl (C=O) groups excluding carboxylic acids is 2. The highest BCUT2D eigenvalue weighted by atomic mass is 16.5. The van der Waals surface area contributed by atoms with Gasteiger partial charge in [0.2, 0.25) is 0 Å². The first-order valence-electron chi connectivity index (χ1n) is 10.3. The summed E-state index contributed by atoms with van der Waals surface area (Å²) in [6.45, 7) is 2.62. The molecular weight excluding hydrogens is 424 g/mol. The van der Waals surface area contributed by atoms with Gasteiger partial charge < -0.3 is 19.3 Å². The van der Waals surface area contributed by atoms with Crippen LogP contribution in [0.4, 0.5) is 5.69 Å². The highest BCUT2D eigenvalue weighted by molar-refractivity contribution is 6.07. The van der Waals surface area contributed by atoms with Crippen molar-refractivity contribution >= 4 is 23.3 Å². The number of hydrazone groups is 1. The highest BCUT2D eigenvalue weighted by Crippen LogP contribution is 2.42. The molecule has 3 aromatic carbocycles. The fourth-order valence-electron chi connectivity index (χ4n) is 3.51. The van der Waals surface area contributed by atoms with Crippen molar-refractivity contribution in [2.75, 3.05) is 5.43 Å². The van der Waals surface area contributed by atoms with Crippen molar-refractivity contribution < 1.29 is 28.9 Å². The number of hydrogen-bond acceptors (Lipinski definition) is 8. The summed E-state index contributed by atoms with van der Waals surface area (Å²) in [5.74, 6) is -0.0964. The van der Waals surface area contributed by atoms with Crippen molar-refractivity contribution in [1.29, 1.82) is 0 Å². The number of anilines is 1. The molecule has 8 heteroatoms. The molecule has 4 rings (SSSR count). The molecule has 0 radical (unpaired) electrons. The van der Waals surface area contributed by atoms with Crippen LogP contribution in [0.2, 0.25) is 0 Å². The summed E-state index contributed by atoms with van der Waals surface area (Å²) >= 11 is 0. The first-order chi connectivity index (χ1) is 15.9. The Labute approximate surface area is 190 Å². The van der Waals surface area contributed by atoms with Crippen molar-refractivity contribution in [1.82, 2.24) is 0 Å². The highest BCUT2D eigenvalue weighted by Gasteiger charge is 2.30. The zero-order valence-electron chi connectivity index (χ0n) is 18.1. The monoisotopic (exact) mass is 446 g/mol. The van der Waals surface area contributed by atoms with Crippen molar-refractivity contribution in [3.05, 3.63) is 77.9 Å². The molecule has 0 amide bonds. The molecule has 1 aliphatic heterocycles. The third kappa shape index (κ3) is 5.30. The molecule has 0 saturated heterocycles. The van der Waals surface area contributed by atoms with Gasteiger partial charge >= 0.3 is 11.9 Å². The summed E-state index contributed by atoms with van der Waals surface area (Å²) in [5.41, 5.74) is 5.61. The van der Waals surface area contributed by atoms with Crippen LogP contribution in [0, 0.1) is 0 Å². The summed E-state index contributed by atoms with van der Waals surface area (Å²) in [7, 11) is 0. The number of benzene rings is 3. The topological polar surface area (TPSA) is 106 Å². The molecule has 0 saturated carbocycles. The maximum absolute atomic E-state index is 11.4. The molecule has 1 aliphatic rings. The van der Waals surface area contributed by atoms with Crippen LogP contribution in [-0.2, 0) is 9.59 Å². The van der Waals surface area contributed by atoms with E-state index in [1.165, 1.54) is 19.9 Å². The lowest BCUT2D eigenvalue weighted by Gasteiger charge is -2.28. The normalized spacial score (nSPS) is 15.8. The number of ether oxygens (including phenoxy) is 3. The van der Waals surface area contributed by atoms with Crippen LogP contribution in [0.25, 0.3) is 0 Å². The molecule has 1 atom stereocenters. The van der Waals surface area contributed by atoms with Gasteiger partial charge in [-0.05, 0) is 29.8 Å². The Hall–Kier alpha value is -4.33. The molecule has 2 N–H and O–H groups in total. The minimum absolute atomic E-state index is 0.110. The predicted octanol–water partition coefficient (Wildman–Crippen LogP) is 4.58. The molecule has 1 unspecified atom stereocenters. The molecule has 8 nitrogen and oxygen atoms in total. The molecule has 1 heterocycles. The Morgan fingerprint density at radius 1 is 0.970 bits per heavy atom. The van der Waals surface area contributed by atoms with E-state index in [1.807, 2.05) is 30.3 Å². The number of phenols is 1. The molecule has 168 valence electrons. The summed E-state index contributed by atoms with van der Waals surface area (Å²) in [4.78, 5) is 22.6. The van der Waals surface area contributed by atoms with Gasteiger partial charge in [-0.15, -0.1) is 0 Å². The average Bonchev–Trinajstić information content (AvgIpc) is 2.77. The lowest BCUT2D eigenvalue weighted by molar-refractivity contribution is -0.132. The fourth-order valence-corrected chi connectivity index (χ4v) is 3.51. The maximum Gasteiger partial charge on any atom is 0.308 e. The van der Waals surface area contributed by atoms with E-state index in [1.54, 1.807) is 30.3 Å². The standard InChI is InChI=1S/C25H22N2O6/c1-15(28)31-19-10-8-17(9-11-19)23-14-21(27-26-18-6-4-3-5-7-18)25-22(30)12-20(32-16(2)29)13-24(25)33-23/h3-13,23,26,30H,14H2,1-2H3/b27-21+. The van der Waals surface area contributed by atoms with Gasteiger partial charge in [0.05, 0.1) is 17.0 Å². The van der Waals surface area contributed by atoms with Crippen molar-refractivity contribution in [3.63, 3.8) is 0 Å². The number of fused-ring (bicyclic) bond motifs is 1. The number of aromatic hydroxyl groups is 1. The minimum Gasteiger partial charge on any atom is -0.507 e. The van der Waals surface area contributed by atoms with E-state index < -0.39 is 18.0 Å². The Morgan fingerprint density at radius 3 is 2.30 bits per heavy atom. The van der Waals surface area contributed by atoms with Gasteiger partial charge in [0, 0.05) is 32.4 Å². The van der Waals surface area contributed by atoms with Gasteiger partial charge in [0.25, 0.3) is 0 Å². The van der Waals surface area contributed by atoms with Gasteiger partial charge in [-0.2, -0.15) is 5.10 Å². The lowest BCUT2D eigenvalue weighted by Crippen LogP contribution is -2.22. The molecule has 0 fully saturated rings. The second-order valence-corrected chi connectivity index (χ2v) is 7.42. The zero-order valence-corrected chi connectivity index (χ0v) is 18.1. The lowest BCUT2D eigenvalue weighted by atomic mass is 9.94. The predicted molar refractivity (Wildman–Crippen MR) is 122 cm³/mol. The van der Waals surface area contributed by atoms with Crippen LogP contribution in [0.5, 0.6) is 23.0 Å². The van der Waals surface area contributed by atoms with E-state index in [0.29, 0.717) is 29.2 Å². The van der Waals surface area contributed by atoms with Gasteiger partial charge in [-0.1, -0.05) is 30.3 Å². The minimum atomic E-state index is -0.512. The molecule has 0 aliphatic carbocycles. The Morgan fingerprint density at radius 2 is 1.64 bits per heavy atom. The molecule has 3 aromatic rings. The average molecular weight is 446 g/mol.